The molecule has 1 amide bonds. The minimum Gasteiger partial charge on any atom is -0.452 e. The summed E-state index contributed by atoms with van der Waals surface area (Å²) in [5.41, 5.74) is -0.202. The Labute approximate surface area is 130 Å². The van der Waals surface area contributed by atoms with Crippen LogP contribution in [0.2, 0.25) is 5.02 Å². The van der Waals surface area contributed by atoms with Gasteiger partial charge in [-0.2, -0.15) is 0 Å². The van der Waals surface area contributed by atoms with Crippen molar-refractivity contribution in [2.45, 2.75) is 6.92 Å². The summed E-state index contributed by atoms with van der Waals surface area (Å²) in [5.74, 6) is -1.85. The maximum atomic E-state index is 14.0. The van der Waals surface area contributed by atoms with Crippen LogP contribution in [0.25, 0.3) is 11.3 Å². The number of benzene rings is 1. The van der Waals surface area contributed by atoms with Gasteiger partial charge in [0, 0.05) is 7.05 Å². The fourth-order valence-corrected chi connectivity index (χ4v) is 2.04. The summed E-state index contributed by atoms with van der Waals surface area (Å²) in [6.07, 6.45) is 0. The van der Waals surface area contributed by atoms with Crippen molar-refractivity contribution in [2.75, 3.05) is 13.7 Å². The number of carbonyl (C=O) groups excluding carboxylic acids is 2. The van der Waals surface area contributed by atoms with Crippen LogP contribution in [0.15, 0.2) is 22.7 Å². The number of esters is 1. The summed E-state index contributed by atoms with van der Waals surface area (Å²) < 4.78 is 23.8. The van der Waals surface area contributed by atoms with Gasteiger partial charge in [-0.05, 0) is 19.1 Å². The third-order valence-electron chi connectivity index (χ3n) is 2.88. The average Bonchev–Trinajstić information content (AvgIpc) is 2.86. The fraction of sp³-hybridized carbons (Fsp3) is 0.214. The SMILES string of the molecule is CNC(=O)COC(=O)c1c(-c2c(F)cccc2Cl)noc1C. The molecule has 22 heavy (non-hydrogen) atoms. The summed E-state index contributed by atoms with van der Waals surface area (Å²) in [5, 5.41) is 6.06. The van der Waals surface area contributed by atoms with Crippen molar-refractivity contribution in [3.8, 4) is 11.3 Å². The highest BCUT2D eigenvalue weighted by molar-refractivity contribution is 6.33. The number of hydrogen-bond acceptors (Lipinski definition) is 5. The Morgan fingerprint density at radius 3 is 2.82 bits per heavy atom. The molecule has 1 N–H and O–H groups in total. The number of halogens is 2. The molecule has 2 rings (SSSR count). The number of amides is 1. The van der Waals surface area contributed by atoms with Gasteiger partial charge in [0.05, 0.1) is 10.6 Å². The number of nitrogens with one attached hydrogen (secondary N) is 1. The Bertz CT molecular complexity index is 709. The Morgan fingerprint density at radius 1 is 1.45 bits per heavy atom. The quantitative estimate of drug-likeness (QED) is 0.872. The first-order chi connectivity index (χ1) is 10.5. The first kappa shape index (κ1) is 16.0. The molecule has 0 aliphatic heterocycles. The van der Waals surface area contributed by atoms with Crippen LogP contribution in [0.3, 0.4) is 0 Å². The van der Waals surface area contributed by atoms with Crippen molar-refractivity contribution in [1.29, 1.82) is 0 Å². The normalized spacial score (nSPS) is 10.4. The molecular weight excluding hydrogens is 315 g/mol. The molecule has 0 fully saturated rings. The zero-order valence-corrected chi connectivity index (χ0v) is 12.5. The molecule has 1 aromatic carbocycles. The lowest BCUT2D eigenvalue weighted by Crippen LogP contribution is -2.25. The van der Waals surface area contributed by atoms with Crippen molar-refractivity contribution < 1.29 is 23.2 Å². The maximum Gasteiger partial charge on any atom is 0.344 e. The lowest BCUT2D eigenvalue weighted by molar-refractivity contribution is -0.123. The molecule has 0 saturated heterocycles. The third-order valence-corrected chi connectivity index (χ3v) is 3.19. The van der Waals surface area contributed by atoms with E-state index < -0.39 is 24.3 Å². The van der Waals surface area contributed by atoms with Crippen molar-refractivity contribution in [3.63, 3.8) is 0 Å². The van der Waals surface area contributed by atoms with E-state index in [1.54, 1.807) is 0 Å². The monoisotopic (exact) mass is 326 g/mol. The number of aromatic nitrogens is 1. The number of nitrogens with zero attached hydrogens (tertiary/aromatic N) is 1. The van der Waals surface area contributed by atoms with Crippen molar-refractivity contribution >= 4 is 23.5 Å². The highest BCUT2D eigenvalue weighted by Crippen LogP contribution is 2.33. The van der Waals surface area contributed by atoms with E-state index in [4.69, 9.17) is 20.9 Å². The van der Waals surface area contributed by atoms with Crippen LogP contribution in [-0.2, 0) is 9.53 Å². The number of likely N-dealkylation sites (N-methyl/N-ethyl adjacent to an activating group) is 1. The average molecular weight is 327 g/mol. The van der Waals surface area contributed by atoms with E-state index in [9.17, 15) is 14.0 Å². The van der Waals surface area contributed by atoms with Gasteiger partial charge < -0.3 is 14.6 Å². The summed E-state index contributed by atoms with van der Waals surface area (Å²) >= 11 is 5.96. The van der Waals surface area contributed by atoms with Gasteiger partial charge >= 0.3 is 5.97 Å². The van der Waals surface area contributed by atoms with Crippen LogP contribution in [-0.4, -0.2) is 30.7 Å². The largest absolute Gasteiger partial charge is 0.452 e. The second-order valence-corrected chi connectivity index (χ2v) is 4.72. The Balaban J connectivity index is 2.40. The molecule has 0 bridgehead atoms. The second-order valence-electron chi connectivity index (χ2n) is 4.31. The van der Waals surface area contributed by atoms with E-state index in [0.29, 0.717) is 0 Å². The molecule has 0 spiro atoms. The molecule has 0 radical (unpaired) electrons. The molecule has 0 unspecified atom stereocenters. The van der Waals surface area contributed by atoms with E-state index in [2.05, 4.69) is 10.5 Å². The van der Waals surface area contributed by atoms with Crippen molar-refractivity contribution in [2.24, 2.45) is 0 Å². The van der Waals surface area contributed by atoms with Crippen LogP contribution in [0.1, 0.15) is 16.1 Å². The number of carbonyl (C=O) groups is 2. The van der Waals surface area contributed by atoms with Gasteiger partial charge in [0.1, 0.15) is 22.8 Å². The predicted octanol–water partition coefficient (Wildman–Crippen LogP) is 2.35. The maximum absolute atomic E-state index is 14.0. The van der Waals surface area contributed by atoms with E-state index >= 15 is 0 Å². The molecule has 1 heterocycles. The van der Waals surface area contributed by atoms with Crippen LogP contribution in [0.5, 0.6) is 0 Å². The fourth-order valence-electron chi connectivity index (χ4n) is 1.78. The highest BCUT2D eigenvalue weighted by atomic mass is 35.5. The Hall–Kier alpha value is -2.41. The van der Waals surface area contributed by atoms with Crippen molar-refractivity contribution in [1.82, 2.24) is 10.5 Å². The molecule has 0 atom stereocenters. The topological polar surface area (TPSA) is 81.4 Å². The van der Waals surface area contributed by atoms with Gasteiger partial charge in [-0.15, -0.1) is 0 Å². The molecule has 0 aliphatic rings. The lowest BCUT2D eigenvalue weighted by atomic mass is 10.1. The van der Waals surface area contributed by atoms with Gasteiger partial charge in [0.2, 0.25) is 0 Å². The summed E-state index contributed by atoms with van der Waals surface area (Å²) in [6, 6.07) is 4.08. The smallest absolute Gasteiger partial charge is 0.344 e. The van der Waals surface area contributed by atoms with Crippen LogP contribution in [0, 0.1) is 12.7 Å². The molecule has 6 nitrogen and oxygen atoms in total. The van der Waals surface area contributed by atoms with Crippen LogP contribution >= 0.6 is 11.6 Å². The molecular formula is C14H12ClFN2O4. The van der Waals surface area contributed by atoms with Gasteiger partial charge in [-0.1, -0.05) is 22.8 Å². The molecule has 0 aliphatic carbocycles. The zero-order valence-electron chi connectivity index (χ0n) is 11.8. The second kappa shape index (κ2) is 6.57. The highest BCUT2D eigenvalue weighted by Gasteiger charge is 2.26. The molecule has 0 saturated carbocycles. The van der Waals surface area contributed by atoms with Crippen LogP contribution < -0.4 is 5.32 Å². The minimum absolute atomic E-state index is 0.0621. The predicted molar refractivity (Wildman–Crippen MR) is 76.0 cm³/mol. The Kier molecular flexibility index (Phi) is 4.77. The molecule has 1 aromatic heterocycles. The Morgan fingerprint density at radius 2 is 2.18 bits per heavy atom. The number of hydrogen-bond donors (Lipinski definition) is 1. The number of rotatable bonds is 4. The van der Waals surface area contributed by atoms with Crippen LogP contribution in [0.4, 0.5) is 4.39 Å². The van der Waals surface area contributed by atoms with Gasteiger partial charge in [0.25, 0.3) is 5.91 Å². The number of ether oxygens (including phenoxy) is 1. The summed E-state index contributed by atoms with van der Waals surface area (Å²) in [4.78, 5) is 23.2. The van der Waals surface area contributed by atoms with E-state index in [-0.39, 0.29) is 27.6 Å². The van der Waals surface area contributed by atoms with Gasteiger partial charge in [-0.3, -0.25) is 4.79 Å². The molecule has 8 heteroatoms. The van der Waals surface area contributed by atoms with Gasteiger partial charge in [0.15, 0.2) is 6.61 Å². The first-order valence-electron chi connectivity index (χ1n) is 6.24. The first-order valence-corrected chi connectivity index (χ1v) is 6.61. The van der Waals surface area contributed by atoms with E-state index in [1.807, 2.05) is 0 Å². The molecule has 2 aromatic rings. The summed E-state index contributed by atoms with van der Waals surface area (Å²) in [7, 11) is 1.41. The van der Waals surface area contributed by atoms with E-state index in [1.165, 1.54) is 32.2 Å². The zero-order chi connectivity index (χ0) is 16.3. The van der Waals surface area contributed by atoms with Gasteiger partial charge in [-0.25, -0.2) is 9.18 Å². The minimum atomic E-state index is -0.850. The number of aryl methyl sites for hydroxylation is 1. The van der Waals surface area contributed by atoms with E-state index in [0.717, 1.165) is 0 Å². The summed E-state index contributed by atoms with van der Waals surface area (Å²) in [6.45, 7) is 1.01. The standard InChI is InChI=1S/C14H12ClFN2O4/c1-7-11(14(20)21-6-10(19)17-2)13(18-22-7)12-8(15)4-3-5-9(12)16/h3-5H,6H2,1-2H3,(H,17,19). The van der Waals surface area contributed by atoms with Crippen molar-refractivity contribution in [3.05, 3.63) is 40.4 Å². The lowest BCUT2D eigenvalue weighted by Gasteiger charge is -2.06. The molecule has 116 valence electrons. The third kappa shape index (κ3) is 3.09.